The van der Waals surface area contributed by atoms with Crippen LogP contribution in [0.1, 0.15) is 43.6 Å². The van der Waals surface area contributed by atoms with Gasteiger partial charge in [-0.05, 0) is 112 Å². The van der Waals surface area contributed by atoms with E-state index in [2.05, 4.69) is 181 Å². The number of furan rings is 2. The van der Waals surface area contributed by atoms with Gasteiger partial charge >= 0.3 is 0 Å². The molecule has 2 heterocycles. The molecule has 12 rings (SSSR count). The standard InChI is InChI=1S/C58H43NO2/c1-2-15-38(16-3-1)45-26-12-17-39-18-13-28-50(57(39)45)47-23-4-7-30-53(47)59(43-21-10-19-40(35-43)41-33-34-56-52(37-41)49-25-6-8-31-54(49)60-56)44-22-11-20-42(36-44)46-27-14-29-51-48-24-5-9-32-55(48)61-58(46)51/h4-14,17-38H,1-3,15-16H2. The van der Waals surface area contributed by atoms with E-state index >= 15 is 0 Å². The van der Waals surface area contributed by atoms with Crippen LogP contribution in [0.4, 0.5) is 17.1 Å². The zero-order chi connectivity index (χ0) is 40.3. The first-order chi connectivity index (χ1) is 30.2. The summed E-state index contributed by atoms with van der Waals surface area (Å²) in [5, 5.41) is 7.19. The summed E-state index contributed by atoms with van der Waals surface area (Å²) >= 11 is 0. The molecule has 0 aliphatic heterocycles. The molecule has 1 aliphatic rings. The third-order valence-electron chi connectivity index (χ3n) is 13.1. The lowest BCUT2D eigenvalue weighted by Gasteiger charge is -2.30. The van der Waals surface area contributed by atoms with Crippen molar-refractivity contribution in [2.45, 2.75) is 38.0 Å². The van der Waals surface area contributed by atoms with Gasteiger partial charge in [-0.15, -0.1) is 0 Å². The van der Waals surface area contributed by atoms with Gasteiger partial charge in [-0.3, -0.25) is 0 Å². The minimum absolute atomic E-state index is 0.570. The molecule has 292 valence electrons. The highest BCUT2D eigenvalue weighted by Gasteiger charge is 2.24. The number of hydrogen-bond donors (Lipinski definition) is 0. The Bertz CT molecular complexity index is 3430. The molecule has 0 N–H and O–H groups in total. The topological polar surface area (TPSA) is 29.5 Å². The maximum atomic E-state index is 6.58. The number of para-hydroxylation sites is 4. The number of nitrogens with zero attached hydrogens (tertiary/aromatic N) is 1. The van der Waals surface area contributed by atoms with Crippen molar-refractivity contribution >= 4 is 71.7 Å². The molecule has 0 saturated heterocycles. The molecule has 2 aromatic heterocycles. The largest absolute Gasteiger partial charge is 0.456 e. The third kappa shape index (κ3) is 6.11. The Kier molecular flexibility index (Phi) is 8.59. The predicted octanol–water partition coefficient (Wildman–Crippen LogP) is 17.2. The van der Waals surface area contributed by atoms with Crippen molar-refractivity contribution in [3.8, 4) is 33.4 Å². The fourth-order valence-electron chi connectivity index (χ4n) is 10.2. The number of rotatable bonds is 7. The van der Waals surface area contributed by atoms with Gasteiger partial charge in [0, 0.05) is 44.0 Å². The molecule has 1 fully saturated rings. The lowest BCUT2D eigenvalue weighted by atomic mass is 9.80. The van der Waals surface area contributed by atoms with Gasteiger partial charge in [-0.2, -0.15) is 0 Å². The Labute approximate surface area is 355 Å². The summed E-state index contributed by atoms with van der Waals surface area (Å²) in [6.45, 7) is 0. The second-order valence-electron chi connectivity index (χ2n) is 16.6. The Balaban J connectivity index is 1.07. The van der Waals surface area contributed by atoms with E-state index in [-0.39, 0.29) is 0 Å². The van der Waals surface area contributed by atoms with Gasteiger partial charge in [0.15, 0.2) is 0 Å². The molecule has 1 saturated carbocycles. The molecule has 0 spiro atoms. The SMILES string of the molecule is c1cc(-c2ccc3oc4ccccc4c3c2)cc(N(c2cccc(-c3cccc4c3oc3ccccc34)c2)c2ccccc2-c2cccc3cccc(C4CCCCC4)c23)c1. The van der Waals surface area contributed by atoms with E-state index in [0.717, 1.165) is 83.2 Å². The van der Waals surface area contributed by atoms with Gasteiger partial charge in [0.1, 0.15) is 22.3 Å². The zero-order valence-corrected chi connectivity index (χ0v) is 33.9. The fourth-order valence-corrected chi connectivity index (χ4v) is 10.2. The molecule has 0 radical (unpaired) electrons. The number of anilines is 3. The predicted molar refractivity (Wildman–Crippen MR) is 255 cm³/mol. The number of benzene rings is 9. The lowest BCUT2D eigenvalue weighted by Crippen LogP contribution is -2.12. The van der Waals surface area contributed by atoms with E-state index in [1.54, 1.807) is 0 Å². The van der Waals surface area contributed by atoms with Gasteiger partial charge in [0.05, 0.1) is 5.69 Å². The summed E-state index contributed by atoms with van der Waals surface area (Å²) in [4.78, 5) is 2.45. The van der Waals surface area contributed by atoms with Crippen LogP contribution >= 0.6 is 0 Å². The van der Waals surface area contributed by atoms with E-state index in [1.165, 1.54) is 59.6 Å². The second kappa shape index (κ2) is 14.7. The van der Waals surface area contributed by atoms with E-state index < -0.39 is 0 Å². The highest BCUT2D eigenvalue weighted by molar-refractivity contribution is 6.10. The summed E-state index contributed by atoms with van der Waals surface area (Å²) in [6, 6.07) is 70.4. The highest BCUT2D eigenvalue weighted by Crippen LogP contribution is 2.47. The summed E-state index contributed by atoms with van der Waals surface area (Å²) in [7, 11) is 0. The minimum atomic E-state index is 0.570. The third-order valence-corrected chi connectivity index (χ3v) is 13.1. The molecule has 61 heavy (non-hydrogen) atoms. The molecule has 0 unspecified atom stereocenters. The van der Waals surface area contributed by atoms with Gasteiger partial charge in [0.2, 0.25) is 0 Å². The average molecular weight is 786 g/mol. The first kappa shape index (κ1) is 35.6. The van der Waals surface area contributed by atoms with Crippen LogP contribution in [0.25, 0.3) is 88.0 Å². The number of fused-ring (bicyclic) bond motifs is 7. The van der Waals surface area contributed by atoms with Crippen molar-refractivity contribution in [3.05, 3.63) is 200 Å². The summed E-state index contributed by atoms with van der Waals surface area (Å²) in [6.07, 6.45) is 6.43. The van der Waals surface area contributed by atoms with Crippen molar-refractivity contribution in [3.63, 3.8) is 0 Å². The average Bonchev–Trinajstić information content (AvgIpc) is 3.90. The Morgan fingerprint density at radius 3 is 1.82 bits per heavy atom. The zero-order valence-electron chi connectivity index (χ0n) is 33.9. The fraction of sp³-hybridized carbons (Fsp3) is 0.103. The number of hydrogen-bond acceptors (Lipinski definition) is 3. The van der Waals surface area contributed by atoms with Crippen LogP contribution in [0.2, 0.25) is 0 Å². The highest BCUT2D eigenvalue weighted by atomic mass is 16.3. The van der Waals surface area contributed by atoms with Crippen LogP contribution in [0.5, 0.6) is 0 Å². The van der Waals surface area contributed by atoms with Gasteiger partial charge in [0.25, 0.3) is 0 Å². The Morgan fingerprint density at radius 1 is 0.393 bits per heavy atom. The molecule has 11 aromatic rings. The summed E-state index contributed by atoms with van der Waals surface area (Å²) < 4.78 is 12.8. The van der Waals surface area contributed by atoms with Crippen molar-refractivity contribution < 1.29 is 8.83 Å². The van der Waals surface area contributed by atoms with Crippen molar-refractivity contribution in [2.75, 3.05) is 4.90 Å². The molecule has 3 nitrogen and oxygen atoms in total. The normalized spacial score (nSPS) is 13.5. The van der Waals surface area contributed by atoms with Crippen LogP contribution in [0.15, 0.2) is 203 Å². The molecule has 3 heteroatoms. The van der Waals surface area contributed by atoms with Crippen LogP contribution in [-0.4, -0.2) is 0 Å². The van der Waals surface area contributed by atoms with Crippen LogP contribution < -0.4 is 4.90 Å². The van der Waals surface area contributed by atoms with Gasteiger partial charge < -0.3 is 13.7 Å². The molecule has 0 atom stereocenters. The minimum Gasteiger partial charge on any atom is -0.456 e. The monoisotopic (exact) mass is 785 g/mol. The van der Waals surface area contributed by atoms with Crippen LogP contribution in [0.3, 0.4) is 0 Å². The van der Waals surface area contributed by atoms with E-state index in [1.807, 2.05) is 18.2 Å². The molecular weight excluding hydrogens is 743 g/mol. The van der Waals surface area contributed by atoms with Crippen LogP contribution in [0, 0.1) is 0 Å². The maximum absolute atomic E-state index is 6.58. The first-order valence-electron chi connectivity index (χ1n) is 21.7. The van der Waals surface area contributed by atoms with Gasteiger partial charge in [-0.1, -0.05) is 159 Å². The quantitative estimate of drug-likeness (QED) is 0.161. The summed E-state index contributed by atoms with van der Waals surface area (Å²) in [5.74, 6) is 0.570. The van der Waals surface area contributed by atoms with Crippen LogP contribution in [-0.2, 0) is 0 Å². The molecule has 1 aliphatic carbocycles. The molecule has 0 amide bonds. The summed E-state index contributed by atoms with van der Waals surface area (Å²) in [5.41, 5.74) is 15.3. The first-order valence-corrected chi connectivity index (χ1v) is 21.7. The Morgan fingerprint density at radius 2 is 0.984 bits per heavy atom. The maximum Gasteiger partial charge on any atom is 0.143 e. The molecule has 0 bridgehead atoms. The molecular formula is C58H43NO2. The Hall–Kier alpha value is -7.36. The van der Waals surface area contributed by atoms with Gasteiger partial charge in [-0.25, -0.2) is 0 Å². The van der Waals surface area contributed by atoms with E-state index in [0.29, 0.717) is 5.92 Å². The second-order valence-corrected chi connectivity index (χ2v) is 16.6. The van der Waals surface area contributed by atoms with E-state index in [9.17, 15) is 0 Å². The van der Waals surface area contributed by atoms with Crippen molar-refractivity contribution in [1.82, 2.24) is 0 Å². The smallest absolute Gasteiger partial charge is 0.143 e. The molecule has 9 aromatic carbocycles. The van der Waals surface area contributed by atoms with E-state index in [4.69, 9.17) is 8.83 Å². The lowest BCUT2D eigenvalue weighted by molar-refractivity contribution is 0.445. The van der Waals surface area contributed by atoms with Crippen molar-refractivity contribution in [1.29, 1.82) is 0 Å². The van der Waals surface area contributed by atoms with Crippen molar-refractivity contribution in [2.24, 2.45) is 0 Å².